The number of carbonyl (C=O) groups excluding carboxylic acids is 1. The molecule has 0 spiro atoms. The van der Waals surface area contributed by atoms with Gasteiger partial charge < -0.3 is 5.11 Å². The van der Waals surface area contributed by atoms with E-state index in [0.29, 0.717) is 13.0 Å². The van der Waals surface area contributed by atoms with Crippen LogP contribution in [0.1, 0.15) is 34.1 Å². The van der Waals surface area contributed by atoms with Gasteiger partial charge in [0, 0.05) is 18.9 Å². The van der Waals surface area contributed by atoms with Gasteiger partial charge in [0.25, 0.3) is 0 Å². The fourth-order valence-corrected chi connectivity index (χ4v) is 0.389. The van der Waals surface area contributed by atoms with E-state index in [9.17, 15) is 4.79 Å². The average Bonchev–Trinajstić information content (AvgIpc) is 2.20. The van der Waals surface area contributed by atoms with Crippen molar-refractivity contribution in [1.29, 1.82) is 0 Å². The highest BCUT2D eigenvalue weighted by Gasteiger charge is 2.00. The molecule has 0 bridgehead atoms. The Morgan fingerprint density at radius 1 is 1.54 bits per heavy atom. The Morgan fingerprint density at radius 2 is 2.08 bits per heavy atom. The lowest BCUT2D eigenvalue weighted by atomic mass is 10.2. The van der Waals surface area contributed by atoms with Crippen LogP contribution in [0.2, 0.25) is 0 Å². The Balaban J connectivity index is 0. The molecule has 0 heterocycles. The fraction of sp³-hybridized carbons (Fsp3) is 0.889. The van der Waals surface area contributed by atoms with Gasteiger partial charge in [-0.3, -0.25) is 9.63 Å². The molecule has 0 fully saturated rings. The molecule has 0 aromatic heterocycles. The molecule has 0 aliphatic rings. The fourth-order valence-electron chi connectivity index (χ4n) is 0.389. The number of hydrogen-bond acceptors (Lipinski definition) is 3. The van der Waals surface area contributed by atoms with E-state index in [2.05, 4.69) is 5.48 Å². The third-order valence-corrected chi connectivity index (χ3v) is 1.19. The average molecular weight is 191 g/mol. The first kappa shape index (κ1) is 14.9. The molecule has 0 aliphatic heterocycles. The predicted molar refractivity (Wildman–Crippen MR) is 52.0 cm³/mol. The molecule has 0 unspecified atom stereocenters. The molecule has 0 saturated heterocycles. The number of amides is 1. The maximum absolute atomic E-state index is 10.6. The summed E-state index contributed by atoms with van der Waals surface area (Å²) in [5.74, 6) is -0.0812. The van der Waals surface area contributed by atoms with Crippen molar-refractivity contribution in [1.82, 2.24) is 5.48 Å². The summed E-state index contributed by atoms with van der Waals surface area (Å²) in [6.07, 6.45) is 0.410. The van der Waals surface area contributed by atoms with Crippen LogP contribution in [0, 0.1) is 5.92 Å². The molecular weight excluding hydrogens is 170 g/mol. The summed E-state index contributed by atoms with van der Waals surface area (Å²) >= 11 is 0. The standard InChI is InChI=1S/C7H15NO3.C2H6/c1-3-7(10)8-11-5-6(2)4-9;1-2/h6,9H,3-5H2,1-2H3,(H,8,10);1-2H3/t6-;/m1./s1. The molecule has 0 saturated carbocycles. The summed E-state index contributed by atoms with van der Waals surface area (Å²) in [6, 6.07) is 0. The van der Waals surface area contributed by atoms with Crippen molar-refractivity contribution < 1.29 is 14.7 Å². The van der Waals surface area contributed by atoms with Crippen molar-refractivity contribution >= 4 is 5.91 Å². The minimum Gasteiger partial charge on any atom is -0.396 e. The minimum absolute atomic E-state index is 0.0622. The second-order valence-corrected chi connectivity index (χ2v) is 2.48. The van der Waals surface area contributed by atoms with E-state index in [-0.39, 0.29) is 18.4 Å². The van der Waals surface area contributed by atoms with Gasteiger partial charge in [0.05, 0.1) is 6.61 Å². The van der Waals surface area contributed by atoms with Crippen LogP contribution in [0.15, 0.2) is 0 Å². The first-order chi connectivity index (χ1) is 6.20. The first-order valence-corrected chi connectivity index (χ1v) is 4.72. The lowest BCUT2D eigenvalue weighted by Gasteiger charge is -2.08. The van der Waals surface area contributed by atoms with Crippen LogP contribution in [-0.4, -0.2) is 24.2 Å². The summed E-state index contributed by atoms with van der Waals surface area (Å²) in [5.41, 5.74) is 2.25. The summed E-state index contributed by atoms with van der Waals surface area (Å²) in [5, 5.41) is 8.56. The van der Waals surface area contributed by atoms with Crippen molar-refractivity contribution in [3.8, 4) is 0 Å². The van der Waals surface area contributed by atoms with Crippen LogP contribution in [0.5, 0.6) is 0 Å². The molecule has 4 nitrogen and oxygen atoms in total. The number of aliphatic hydroxyl groups excluding tert-OH is 1. The largest absolute Gasteiger partial charge is 0.396 e. The highest BCUT2D eigenvalue weighted by Crippen LogP contribution is 1.91. The number of rotatable bonds is 5. The molecule has 0 aromatic rings. The normalized spacial score (nSPS) is 11.2. The monoisotopic (exact) mass is 191 g/mol. The molecule has 0 aromatic carbocycles. The quantitative estimate of drug-likeness (QED) is 0.640. The van der Waals surface area contributed by atoms with Crippen molar-refractivity contribution in [3.63, 3.8) is 0 Å². The van der Waals surface area contributed by atoms with Gasteiger partial charge in [-0.15, -0.1) is 0 Å². The van der Waals surface area contributed by atoms with Gasteiger partial charge in [-0.2, -0.15) is 0 Å². The Morgan fingerprint density at radius 3 is 2.46 bits per heavy atom. The van der Waals surface area contributed by atoms with E-state index in [1.54, 1.807) is 6.92 Å². The second-order valence-electron chi connectivity index (χ2n) is 2.48. The Kier molecular flexibility index (Phi) is 13.0. The van der Waals surface area contributed by atoms with Crippen LogP contribution >= 0.6 is 0 Å². The molecular formula is C9H21NO3. The zero-order valence-electron chi connectivity index (χ0n) is 8.96. The lowest BCUT2D eigenvalue weighted by molar-refractivity contribution is -0.134. The summed E-state index contributed by atoms with van der Waals surface area (Å²) in [7, 11) is 0. The highest BCUT2D eigenvalue weighted by atomic mass is 16.7. The van der Waals surface area contributed by atoms with E-state index in [4.69, 9.17) is 9.94 Å². The smallest absolute Gasteiger partial charge is 0.243 e. The molecule has 0 rings (SSSR count). The van der Waals surface area contributed by atoms with Gasteiger partial charge in [0.1, 0.15) is 0 Å². The van der Waals surface area contributed by atoms with Crippen LogP contribution in [0.4, 0.5) is 0 Å². The van der Waals surface area contributed by atoms with Crippen molar-refractivity contribution in [2.24, 2.45) is 5.92 Å². The van der Waals surface area contributed by atoms with Crippen LogP contribution in [0.25, 0.3) is 0 Å². The van der Waals surface area contributed by atoms with E-state index in [1.807, 2.05) is 20.8 Å². The number of carbonyl (C=O) groups is 1. The van der Waals surface area contributed by atoms with Gasteiger partial charge in [-0.05, 0) is 0 Å². The zero-order chi connectivity index (χ0) is 10.7. The lowest BCUT2D eigenvalue weighted by Crippen LogP contribution is -2.25. The zero-order valence-corrected chi connectivity index (χ0v) is 8.96. The van der Waals surface area contributed by atoms with Crippen LogP contribution in [-0.2, 0) is 9.63 Å². The summed E-state index contributed by atoms with van der Waals surface area (Å²) in [6.45, 7) is 8.00. The van der Waals surface area contributed by atoms with Gasteiger partial charge in [-0.25, -0.2) is 5.48 Å². The third kappa shape index (κ3) is 11.4. The Bertz CT molecular complexity index is 117. The predicted octanol–water partition coefficient (Wildman–Crippen LogP) is 1.10. The van der Waals surface area contributed by atoms with E-state index >= 15 is 0 Å². The van der Waals surface area contributed by atoms with E-state index in [0.717, 1.165) is 0 Å². The second kappa shape index (κ2) is 11.4. The minimum atomic E-state index is -0.143. The van der Waals surface area contributed by atoms with E-state index in [1.165, 1.54) is 0 Å². The molecule has 13 heavy (non-hydrogen) atoms. The molecule has 1 atom stereocenters. The molecule has 80 valence electrons. The first-order valence-electron chi connectivity index (χ1n) is 4.72. The molecule has 4 heteroatoms. The highest BCUT2D eigenvalue weighted by molar-refractivity contribution is 5.74. The maximum Gasteiger partial charge on any atom is 0.243 e. The summed E-state index contributed by atoms with van der Waals surface area (Å²) in [4.78, 5) is 15.4. The number of aliphatic hydroxyl groups is 1. The third-order valence-electron chi connectivity index (χ3n) is 1.19. The molecule has 2 N–H and O–H groups in total. The summed E-state index contributed by atoms with van der Waals surface area (Å²) < 4.78 is 0. The van der Waals surface area contributed by atoms with E-state index < -0.39 is 0 Å². The van der Waals surface area contributed by atoms with Crippen LogP contribution < -0.4 is 5.48 Å². The van der Waals surface area contributed by atoms with Gasteiger partial charge >= 0.3 is 0 Å². The molecule has 0 aliphatic carbocycles. The van der Waals surface area contributed by atoms with Gasteiger partial charge in [-0.1, -0.05) is 27.7 Å². The SMILES string of the molecule is CC.CCC(=O)NOC[C@H](C)CO. The van der Waals surface area contributed by atoms with Crippen molar-refractivity contribution in [2.75, 3.05) is 13.2 Å². The Hall–Kier alpha value is -0.610. The van der Waals surface area contributed by atoms with Gasteiger partial charge in [0.15, 0.2) is 0 Å². The topological polar surface area (TPSA) is 58.6 Å². The van der Waals surface area contributed by atoms with Gasteiger partial charge in [0.2, 0.25) is 5.91 Å². The molecule has 0 radical (unpaired) electrons. The van der Waals surface area contributed by atoms with Crippen molar-refractivity contribution in [3.05, 3.63) is 0 Å². The van der Waals surface area contributed by atoms with Crippen LogP contribution in [0.3, 0.4) is 0 Å². The maximum atomic E-state index is 10.6. The number of nitrogens with one attached hydrogen (secondary N) is 1. The van der Waals surface area contributed by atoms with Crippen molar-refractivity contribution in [2.45, 2.75) is 34.1 Å². The number of hydroxylamine groups is 1. The number of hydrogen-bond donors (Lipinski definition) is 2. The Labute approximate surface area is 80.2 Å². The molecule has 1 amide bonds.